The number of morpholine rings is 1. The maximum atomic E-state index is 13.9. The van der Waals surface area contributed by atoms with Crippen LogP contribution >= 0.6 is 11.6 Å². The number of piperidine rings is 1. The molecule has 2 saturated heterocycles. The molecule has 2 atom stereocenters. The summed E-state index contributed by atoms with van der Waals surface area (Å²) in [5, 5.41) is 7.40. The van der Waals surface area contributed by atoms with Crippen molar-refractivity contribution in [3.63, 3.8) is 0 Å². The molecule has 0 aromatic heterocycles. The molecule has 11 nitrogen and oxygen atoms in total. The number of anilines is 1. The van der Waals surface area contributed by atoms with Crippen molar-refractivity contribution in [1.29, 1.82) is 0 Å². The summed E-state index contributed by atoms with van der Waals surface area (Å²) in [6.07, 6.45) is 6.16. The van der Waals surface area contributed by atoms with Crippen LogP contribution in [0.4, 0.5) is 5.69 Å². The molecule has 13 heteroatoms. The Morgan fingerprint density at radius 2 is 1.95 bits per heavy atom. The van der Waals surface area contributed by atoms with Crippen molar-refractivity contribution in [3.8, 4) is 0 Å². The highest BCUT2D eigenvalue weighted by molar-refractivity contribution is 7.92. The zero-order valence-corrected chi connectivity index (χ0v) is 23.5. The van der Waals surface area contributed by atoms with E-state index in [9.17, 15) is 13.2 Å². The van der Waals surface area contributed by atoms with Crippen molar-refractivity contribution in [2.24, 2.45) is 10.1 Å². The highest BCUT2D eigenvalue weighted by Crippen LogP contribution is 2.34. The van der Waals surface area contributed by atoms with Gasteiger partial charge in [0.15, 0.2) is 6.17 Å². The van der Waals surface area contributed by atoms with Crippen molar-refractivity contribution in [3.05, 3.63) is 40.7 Å². The Kier molecular flexibility index (Phi) is 7.56. The molecular formula is C25H34ClN7O4S. The maximum absolute atomic E-state index is 13.9. The third kappa shape index (κ3) is 5.62. The molecule has 0 saturated carbocycles. The average Bonchev–Trinajstić information content (AvgIpc) is 3.32. The number of sulfonamides is 1. The molecule has 0 radical (unpaired) electrons. The van der Waals surface area contributed by atoms with E-state index in [1.54, 1.807) is 6.07 Å². The monoisotopic (exact) mass is 563 g/mol. The van der Waals surface area contributed by atoms with Gasteiger partial charge < -0.3 is 19.4 Å². The van der Waals surface area contributed by atoms with E-state index in [0.29, 0.717) is 31.2 Å². The van der Waals surface area contributed by atoms with Crippen molar-refractivity contribution < 1.29 is 17.9 Å². The minimum absolute atomic E-state index is 0.183. The first-order valence-corrected chi connectivity index (χ1v) is 15.1. The maximum Gasteiger partial charge on any atom is 0.256 e. The summed E-state index contributed by atoms with van der Waals surface area (Å²) in [6.45, 7) is 3.43. The van der Waals surface area contributed by atoms with Gasteiger partial charge in [-0.2, -0.15) is 5.10 Å². The number of carbonyl (C=O) groups is 1. The second-order valence-electron chi connectivity index (χ2n) is 10.2. The van der Waals surface area contributed by atoms with Gasteiger partial charge in [0, 0.05) is 51.2 Å². The van der Waals surface area contributed by atoms with E-state index in [-0.39, 0.29) is 29.4 Å². The molecule has 1 N–H and O–H groups in total. The third-order valence-corrected chi connectivity index (χ3v) is 7.96. The van der Waals surface area contributed by atoms with Crippen LogP contribution in [0.25, 0.3) is 0 Å². The van der Waals surface area contributed by atoms with E-state index in [0.717, 1.165) is 56.0 Å². The van der Waals surface area contributed by atoms with Crippen LogP contribution in [0.2, 0.25) is 5.02 Å². The number of hydrogen-bond donors (Lipinski definition) is 1. The number of fused-ring (bicyclic) bond motifs is 1. The van der Waals surface area contributed by atoms with E-state index in [2.05, 4.69) is 15.7 Å². The molecule has 1 aromatic rings. The molecular weight excluding hydrogens is 530 g/mol. The average molecular weight is 564 g/mol. The molecule has 1 aromatic carbocycles. The van der Waals surface area contributed by atoms with Crippen molar-refractivity contribution in [2.75, 3.05) is 57.9 Å². The summed E-state index contributed by atoms with van der Waals surface area (Å²) in [7, 11) is 0.377. The number of rotatable bonds is 5. The third-order valence-electron chi connectivity index (χ3n) is 7.13. The normalized spacial score (nSPS) is 23.9. The summed E-state index contributed by atoms with van der Waals surface area (Å²) in [5.41, 5.74) is 1.35. The number of amides is 1. The predicted molar refractivity (Wildman–Crippen MR) is 148 cm³/mol. The molecule has 1 unspecified atom stereocenters. The molecule has 4 heterocycles. The van der Waals surface area contributed by atoms with Gasteiger partial charge in [-0.25, -0.2) is 18.4 Å². The standard InChI is InChI=1S/C25H34ClN7O4S/c1-30(2)22-16-24(31-10-12-37-13-11-31)33-23(27-22)15-20(28-33)21-6-4-5-9-32(21)25(34)18-14-17(26)7-8-19(18)29-38(3,35)36/h7-8,14,16,21,23,29H,4-6,9-13,15H2,1-3H3/t21-,23?/m0/s1. The molecule has 2 fully saturated rings. The number of nitrogens with one attached hydrogen (secondary N) is 1. The summed E-state index contributed by atoms with van der Waals surface area (Å²) in [4.78, 5) is 24.9. The number of aliphatic imine (C=N–C) groups is 1. The van der Waals surface area contributed by atoms with Crippen LogP contribution in [0, 0.1) is 0 Å². The lowest BCUT2D eigenvalue weighted by Crippen LogP contribution is -2.48. The van der Waals surface area contributed by atoms with Gasteiger partial charge >= 0.3 is 0 Å². The molecule has 5 rings (SSSR count). The van der Waals surface area contributed by atoms with Gasteiger partial charge in [-0.05, 0) is 37.5 Å². The van der Waals surface area contributed by atoms with Crippen LogP contribution in [-0.4, -0.2) is 111 Å². The summed E-state index contributed by atoms with van der Waals surface area (Å²) < 4.78 is 32.0. The smallest absolute Gasteiger partial charge is 0.256 e. The van der Waals surface area contributed by atoms with Gasteiger partial charge in [0.2, 0.25) is 10.0 Å². The number of likely N-dealkylation sites (tertiary alicyclic amines) is 1. The number of hydrogen-bond acceptors (Lipinski definition) is 9. The van der Waals surface area contributed by atoms with Gasteiger partial charge in [-0.3, -0.25) is 9.52 Å². The number of benzene rings is 1. The van der Waals surface area contributed by atoms with Gasteiger partial charge in [-0.15, -0.1) is 0 Å². The summed E-state index contributed by atoms with van der Waals surface area (Å²) >= 11 is 6.23. The van der Waals surface area contributed by atoms with E-state index in [1.807, 2.05) is 28.9 Å². The second-order valence-corrected chi connectivity index (χ2v) is 12.4. The number of amidine groups is 1. The summed E-state index contributed by atoms with van der Waals surface area (Å²) in [5.74, 6) is 1.61. The highest BCUT2D eigenvalue weighted by atomic mass is 35.5. The Labute approximate surface area is 228 Å². The van der Waals surface area contributed by atoms with Crippen LogP contribution in [-0.2, 0) is 14.8 Å². The Hall–Kier alpha value is -2.83. The van der Waals surface area contributed by atoms with Gasteiger partial charge in [-0.1, -0.05) is 11.6 Å². The Morgan fingerprint density at radius 3 is 2.66 bits per heavy atom. The van der Waals surface area contributed by atoms with Crippen LogP contribution in [0.1, 0.15) is 36.0 Å². The Morgan fingerprint density at radius 1 is 1.18 bits per heavy atom. The predicted octanol–water partition coefficient (Wildman–Crippen LogP) is 2.24. The lowest BCUT2D eigenvalue weighted by Gasteiger charge is -2.38. The fraction of sp³-hybridized carbons (Fsp3) is 0.560. The van der Waals surface area contributed by atoms with E-state index in [1.165, 1.54) is 12.1 Å². The fourth-order valence-corrected chi connectivity index (χ4v) is 6.08. The largest absolute Gasteiger partial charge is 0.378 e. The second kappa shape index (κ2) is 10.7. The first kappa shape index (κ1) is 26.8. The zero-order valence-electron chi connectivity index (χ0n) is 21.9. The quantitative estimate of drug-likeness (QED) is 0.585. The number of hydrazone groups is 1. The first-order valence-electron chi connectivity index (χ1n) is 12.8. The number of nitrogens with zero attached hydrogens (tertiary/aromatic N) is 6. The fourth-order valence-electron chi connectivity index (χ4n) is 5.33. The van der Waals surface area contributed by atoms with Crippen LogP contribution < -0.4 is 4.72 Å². The van der Waals surface area contributed by atoms with E-state index >= 15 is 0 Å². The van der Waals surface area contributed by atoms with Crippen molar-refractivity contribution >= 4 is 44.8 Å². The molecule has 0 bridgehead atoms. The molecule has 1 amide bonds. The molecule has 206 valence electrons. The Bertz CT molecular complexity index is 1290. The minimum Gasteiger partial charge on any atom is -0.378 e. The zero-order chi connectivity index (χ0) is 27.0. The summed E-state index contributed by atoms with van der Waals surface area (Å²) in [6, 6.07) is 4.41. The number of halogens is 1. The lowest BCUT2D eigenvalue weighted by atomic mass is 9.94. The minimum atomic E-state index is -3.58. The van der Waals surface area contributed by atoms with Crippen molar-refractivity contribution in [2.45, 2.75) is 37.9 Å². The SMILES string of the molecule is CN(C)C1=NC2CC([C@@H]3CCCCN3C(=O)c3cc(Cl)ccc3NS(C)(=O)=O)=NN2C(N2CCOCC2)=C1. The lowest BCUT2D eigenvalue weighted by molar-refractivity contribution is 0.0340. The Balaban J connectivity index is 1.45. The molecule has 0 spiro atoms. The van der Waals surface area contributed by atoms with E-state index in [4.69, 9.17) is 26.4 Å². The number of likely N-dealkylation sites (N-methyl/N-ethyl adjacent to an activating group) is 1. The highest BCUT2D eigenvalue weighted by Gasteiger charge is 2.41. The van der Waals surface area contributed by atoms with Crippen LogP contribution in [0.15, 0.2) is 40.2 Å². The number of ether oxygens (including phenoxy) is 1. The topological polar surface area (TPSA) is 110 Å². The van der Waals surface area contributed by atoms with Crippen LogP contribution in [0.5, 0.6) is 0 Å². The molecule has 0 aliphatic carbocycles. The van der Waals surface area contributed by atoms with Crippen molar-refractivity contribution in [1.82, 2.24) is 19.7 Å². The van der Waals surface area contributed by atoms with Gasteiger partial charge in [0.25, 0.3) is 5.91 Å². The van der Waals surface area contributed by atoms with E-state index < -0.39 is 10.0 Å². The first-order chi connectivity index (χ1) is 18.1. The molecule has 4 aliphatic rings. The van der Waals surface area contributed by atoms with Gasteiger partial charge in [0.1, 0.15) is 11.7 Å². The molecule has 4 aliphatic heterocycles. The molecule has 38 heavy (non-hydrogen) atoms. The van der Waals surface area contributed by atoms with Crippen LogP contribution in [0.3, 0.4) is 0 Å². The number of carbonyl (C=O) groups excluding carboxylic acids is 1. The van der Waals surface area contributed by atoms with Gasteiger partial charge in [0.05, 0.1) is 42.5 Å².